The van der Waals surface area contributed by atoms with Crippen LogP contribution >= 0.6 is 11.8 Å². The third-order valence-corrected chi connectivity index (χ3v) is 5.34. The van der Waals surface area contributed by atoms with Crippen molar-refractivity contribution in [3.05, 3.63) is 47.7 Å². The van der Waals surface area contributed by atoms with Crippen molar-refractivity contribution in [2.45, 2.75) is 42.9 Å². The van der Waals surface area contributed by atoms with Gasteiger partial charge in [0, 0.05) is 32.7 Å². The molecule has 124 valence electrons. The molecule has 0 saturated heterocycles. The number of aliphatic imine (C=N–C) groups is 1. The summed E-state index contributed by atoms with van der Waals surface area (Å²) in [5.74, 6) is 0.495. The van der Waals surface area contributed by atoms with E-state index < -0.39 is 0 Å². The van der Waals surface area contributed by atoms with Gasteiger partial charge in [0.1, 0.15) is 0 Å². The second-order valence-corrected chi connectivity index (χ2v) is 7.30. The predicted molar refractivity (Wildman–Crippen MR) is 96.6 cm³/mol. The number of fused-ring (bicyclic) bond motifs is 1. The lowest BCUT2D eigenvalue weighted by Crippen LogP contribution is -2.22. The maximum atomic E-state index is 12.1. The first-order valence-electron chi connectivity index (χ1n) is 7.93. The smallest absolute Gasteiger partial charge is 0.339 e. The fraction of sp³-hybridized carbons (Fsp3) is 0.316. The van der Waals surface area contributed by atoms with Crippen LogP contribution in [0.5, 0.6) is 0 Å². The van der Waals surface area contributed by atoms with Crippen molar-refractivity contribution in [2.24, 2.45) is 4.99 Å². The molecule has 0 aliphatic carbocycles. The standard InChI is InChI=1S/C19H20N2O2S/c1-5-23-18(22)14-8-6-7-9-16(14)24-13-10-15-17(20-11-13)21-12(2)19(15,3)4/h6-11H,5H2,1-4H3. The molecule has 2 aromatic rings. The molecule has 0 bridgehead atoms. The molecule has 0 fully saturated rings. The highest BCUT2D eigenvalue weighted by Gasteiger charge is 2.33. The van der Waals surface area contributed by atoms with Gasteiger partial charge in [-0.15, -0.1) is 0 Å². The second kappa shape index (κ2) is 6.40. The van der Waals surface area contributed by atoms with Gasteiger partial charge >= 0.3 is 5.97 Å². The molecule has 1 aromatic carbocycles. The summed E-state index contributed by atoms with van der Waals surface area (Å²) in [5.41, 5.74) is 2.66. The van der Waals surface area contributed by atoms with E-state index in [2.05, 4.69) is 29.9 Å². The zero-order valence-electron chi connectivity index (χ0n) is 14.3. The van der Waals surface area contributed by atoms with E-state index in [4.69, 9.17) is 4.74 Å². The van der Waals surface area contributed by atoms with E-state index >= 15 is 0 Å². The normalized spacial score (nSPS) is 14.9. The van der Waals surface area contributed by atoms with E-state index in [0.29, 0.717) is 12.2 Å². The van der Waals surface area contributed by atoms with Crippen molar-refractivity contribution in [1.29, 1.82) is 0 Å². The first-order chi connectivity index (χ1) is 11.4. The maximum absolute atomic E-state index is 12.1. The van der Waals surface area contributed by atoms with Crippen molar-refractivity contribution in [1.82, 2.24) is 4.98 Å². The Morgan fingerprint density at radius 1 is 1.29 bits per heavy atom. The van der Waals surface area contributed by atoms with Crippen LogP contribution in [0.4, 0.5) is 5.82 Å². The van der Waals surface area contributed by atoms with Gasteiger partial charge in [-0.3, -0.25) is 0 Å². The fourth-order valence-electron chi connectivity index (χ4n) is 2.60. The van der Waals surface area contributed by atoms with E-state index in [1.54, 1.807) is 6.07 Å². The molecule has 4 nitrogen and oxygen atoms in total. The van der Waals surface area contributed by atoms with E-state index in [9.17, 15) is 4.79 Å². The van der Waals surface area contributed by atoms with Crippen LogP contribution in [-0.2, 0) is 10.2 Å². The molecular formula is C19H20N2O2S. The summed E-state index contributed by atoms with van der Waals surface area (Å²) in [6.45, 7) is 8.51. The molecule has 2 heterocycles. The molecular weight excluding hydrogens is 320 g/mol. The maximum Gasteiger partial charge on any atom is 0.339 e. The Bertz CT molecular complexity index is 828. The van der Waals surface area contributed by atoms with Gasteiger partial charge < -0.3 is 4.74 Å². The summed E-state index contributed by atoms with van der Waals surface area (Å²) in [6.07, 6.45) is 1.81. The lowest BCUT2D eigenvalue weighted by atomic mass is 9.83. The average Bonchev–Trinajstić information content (AvgIpc) is 2.78. The Morgan fingerprint density at radius 3 is 2.79 bits per heavy atom. The SMILES string of the molecule is CCOC(=O)c1ccccc1Sc1cnc2c(c1)C(C)(C)C(C)=N2. The first kappa shape index (κ1) is 16.7. The van der Waals surface area contributed by atoms with Gasteiger partial charge in [-0.1, -0.05) is 37.7 Å². The van der Waals surface area contributed by atoms with E-state index in [1.807, 2.05) is 38.2 Å². The van der Waals surface area contributed by atoms with Crippen molar-refractivity contribution >= 4 is 29.3 Å². The largest absolute Gasteiger partial charge is 0.462 e. The number of hydrogen-bond acceptors (Lipinski definition) is 5. The lowest BCUT2D eigenvalue weighted by Gasteiger charge is -2.20. The average molecular weight is 340 g/mol. The number of aromatic nitrogens is 1. The summed E-state index contributed by atoms with van der Waals surface area (Å²) >= 11 is 1.52. The minimum absolute atomic E-state index is 0.112. The van der Waals surface area contributed by atoms with Gasteiger partial charge in [-0.25, -0.2) is 14.8 Å². The number of pyridine rings is 1. The lowest BCUT2D eigenvalue weighted by molar-refractivity contribution is 0.0522. The van der Waals surface area contributed by atoms with E-state index in [-0.39, 0.29) is 11.4 Å². The molecule has 0 unspecified atom stereocenters. The van der Waals surface area contributed by atoms with Gasteiger partial charge in [0.15, 0.2) is 5.82 Å². The van der Waals surface area contributed by atoms with Crippen LogP contribution in [0, 0.1) is 0 Å². The van der Waals surface area contributed by atoms with Gasteiger partial charge in [0.2, 0.25) is 0 Å². The van der Waals surface area contributed by atoms with Crippen molar-refractivity contribution in [2.75, 3.05) is 6.61 Å². The number of ether oxygens (including phenoxy) is 1. The number of benzene rings is 1. The van der Waals surface area contributed by atoms with E-state index in [1.165, 1.54) is 11.8 Å². The van der Waals surface area contributed by atoms with Gasteiger partial charge in [-0.2, -0.15) is 0 Å². The molecule has 1 aliphatic heterocycles. The molecule has 0 amide bonds. The molecule has 24 heavy (non-hydrogen) atoms. The van der Waals surface area contributed by atoms with Crippen LogP contribution in [0.3, 0.4) is 0 Å². The fourth-order valence-corrected chi connectivity index (χ4v) is 3.54. The van der Waals surface area contributed by atoms with Crippen LogP contribution in [0.15, 0.2) is 51.3 Å². The van der Waals surface area contributed by atoms with Gasteiger partial charge in [0.05, 0.1) is 12.2 Å². The van der Waals surface area contributed by atoms with Crippen LogP contribution in [0.2, 0.25) is 0 Å². The Hall–Kier alpha value is -2.14. The zero-order valence-corrected chi connectivity index (χ0v) is 15.1. The molecule has 0 radical (unpaired) electrons. The number of carbonyl (C=O) groups excluding carboxylic acids is 1. The van der Waals surface area contributed by atoms with Gasteiger partial charge in [0.25, 0.3) is 0 Å². The Labute approximate surface area is 146 Å². The highest BCUT2D eigenvalue weighted by atomic mass is 32.2. The molecule has 0 N–H and O–H groups in total. The topological polar surface area (TPSA) is 51.5 Å². The van der Waals surface area contributed by atoms with E-state index in [0.717, 1.165) is 26.9 Å². The Kier molecular flexibility index (Phi) is 4.45. The summed E-state index contributed by atoms with van der Waals surface area (Å²) in [6, 6.07) is 9.60. The number of esters is 1. The predicted octanol–water partition coefficient (Wildman–Crippen LogP) is 4.79. The number of rotatable bonds is 4. The van der Waals surface area contributed by atoms with Crippen molar-refractivity contribution < 1.29 is 9.53 Å². The monoisotopic (exact) mass is 340 g/mol. The highest BCUT2D eigenvalue weighted by molar-refractivity contribution is 7.99. The molecule has 1 aliphatic rings. The van der Waals surface area contributed by atoms with Crippen molar-refractivity contribution in [3.63, 3.8) is 0 Å². The summed E-state index contributed by atoms with van der Waals surface area (Å²) in [7, 11) is 0. The summed E-state index contributed by atoms with van der Waals surface area (Å²) in [5, 5.41) is 0. The van der Waals surface area contributed by atoms with Crippen LogP contribution in [0.1, 0.15) is 43.6 Å². The molecule has 5 heteroatoms. The first-order valence-corrected chi connectivity index (χ1v) is 8.75. The second-order valence-electron chi connectivity index (χ2n) is 6.18. The van der Waals surface area contributed by atoms with Crippen LogP contribution in [0.25, 0.3) is 0 Å². The molecule has 1 aromatic heterocycles. The summed E-state index contributed by atoms with van der Waals surface area (Å²) in [4.78, 5) is 23.0. The number of nitrogens with zero attached hydrogens (tertiary/aromatic N) is 2. The molecule has 0 spiro atoms. The number of carbonyl (C=O) groups is 1. The third kappa shape index (κ3) is 2.96. The summed E-state index contributed by atoms with van der Waals surface area (Å²) < 4.78 is 5.14. The minimum Gasteiger partial charge on any atom is -0.462 e. The molecule has 0 saturated carbocycles. The quantitative estimate of drug-likeness (QED) is 0.751. The Morgan fingerprint density at radius 2 is 2.04 bits per heavy atom. The highest BCUT2D eigenvalue weighted by Crippen LogP contribution is 2.41. The molecule has 3 rings (SSSR count). The van der Waals surface area contributed by atoms with Gasteiger partial charge in [-0.05, 0) is 32.0 Å². The zero-order chi connectivity index (χ0) is 17.3. The van der Waals surface area contributed by atoms with Crippen LogP contribution < -0.4 is 0 Å². The third-order valence-electron chi connectivity index (χ3n) is 4.30. The minimum atomic E-state index is -0.297. The van der Waals surface area contributed by atoms with Crippen molar-refractivity contribution in [3.8, 4) is 0 Å². The number of hydrogen-bond donors (Lipinski definition) is 0. The Balaban J connectivity index is 1.92. The van der Waals surface area contributed by atoms with Crippen LogP contribution in [-0.4, -0.2) is 23.3 Å². The molecule has 0 atom stereocenters.